The molecule has 0 radical (unpaired) electrons. The molecule has 88 valence electrons. The van der Waals surface area contributed by atoms with Gasteiger partial charge >= 0.3 is 0 Å². The van der Waals surface area contributed by atoms with E-state index in [1.807, 2.05) is 6.92 Å². The van der Waals surface area contributed by atoms with Crippen LogP contribution < -0.4 is 4.90 Å². The van der Waals surface area contributed by atoms with Crippen molar-refractivity contribution in [3.63, 3.8) is 0 Å². The number of phenols is 1. The van der Waals surface area contributed by atoms with Gasteiger partial charge in [-0.05, 0) is 31.2 Å². The number of aromatic hydroxyl groups is 1. The standard InChI is InChI=1S/C12H12N2O2S/c1-8-11(17-7-13-8)12(16)14(2)9-3-5-10(15)6-4-9/h3-7,15H,1-2H3. The number of carbonyl (C=O) groups excluding carboxylic acids is 1. The van der Waals surface area contributed by atoms with E-state index >= 15 is 0 Å². The Morgan fingerprint density at radius 1 is 1.35 bits per heavy atom. The predicted octanol–water partition coefficient (Wildman–Crippen LogP) is 2.43. The molecule has 0 aliphatic carbocycles. The number of amides is 1. The van der Waals surface area contributed by atoms with Crippen molar-refractivity contribution in [1.29, 1.82) is 0 Å². The van der Waals surface area contributed by atoms with Crippen LogP contribution >= 0.6 is 11.3 Å². The van der Waals surface area contributed by atoms with Crippen molar-refractivity contribution in [3.05, 3.63) is 40.3 Å². The minimum atomic E-state index is -0.0873. The van der Waals surface area contributed by atoms with E-state index in [1.165, 1.54) is 11.3 Å². The first-order valence-corrected chi connectivity index (χ1v) is 5.94. The summed E-state index contributed by atoms with van der Waals surface area (Å²) >= 11 is 1.33. The number of anilines is 1. The Kier molecular flexibility index (Phi) is 3.10. The summed E-state index contributed by atoms with van der Waals surface area (Å²) in [7, 11) is 1.70. The Morgan fingerprint density at radius 2 is 2.00 bits per heavy atom. The first kappa shape index (κ1) is 11.6. The number of nitrogens with zero attached hydrogens (tertiary/aromatic N) is 2. The van der Waals surface area contributed by atoms with E-state index in [4.69, 9.17) is 0 Å². The Morgan fingerprint density at radius 3 is 2.53 bits per heavy atom. The van der Waals surface area contributed by atoms with Gasteiger partial charge in [-0.15, -0.1) is 11.3 Å². The molecule has 1 amide bonds. The SMILES string of the molecule is Cc1ncsc1C(=O)N(C)c1ccc(O)cc1. The molecule has 0 fully saturated rings. The number of thiazole rings is 1. The second-order valence-electron chi connectivity index (χ2n) is 3.65. The maximum absolute atomic E-state index is 12.1. The molecule has 1 aromatic carbocycles. The normalized spacial score (nSPS) is 10.2. The molecule has 0 aliphatic rings. The minimum absolute atomic E-state index is 0.0873. The average Bonchev–Trinajstić information content (AvgIpc) is 2.74. The lowest BCUT2D eigenvalue weighted by atomic mass is 10.2. The molecule has 17 heavy (non-hydrogen) atoms. The number of carbonyl (C=O) groups is 1. The quantitative estimate of drug-likeness (QED) is 0.888. The number of hydrogen-bond donors (Lipinski definition) is 1. The van der Waals surface area contributed by atoms with Gasteiger partial charge in [-0.1, -0.05) is 0 Å². The summed E-state index contributed by atoms with van der Waals surface area (Å²) in [4.78, 5) is 18.4. The van der Waals surface area contributed by atoms with Crippen molar-refractivity contribution in [2.24, 2.45) is 0 Å². The van der Waals surface area contributed by atoms with Crippen LogP contribution in [0.4, 0.5) is 5.69 Å². The Bertz CT molecular complexity index is 534. The van der Waals surface area contributed by atoms with Crippen molar-refractivity contribution >= 4 is 22.9 Å². The zero-order valence-electron chi connectivity index (χ0n) is 9.54. The van der Waals surface area contributed by atoms with Crippen LogP contribution in [0.5, 0.6) is 5.75 Å². The largest absolute Gasteiger partial charge is 0.508 e. The number of hydrogen-bond acceptors (Lipinski definition) is 4. The molecule has 0 aliphatic heterocycles. The van der Waals surface area contributed by atoms with Gasteiger partial charge in [0.15, 0.2) is 0 Å². The summed E-state index contributed by atoms with van der Waals surface area (Å²) in [6.45, 7) is 1.81. The molecular weight excluding hydrogens is 236 g/mol. The fourth-order valence-corrected chi connectivity index (χ4v) is 2.23. The third-order valence-corrected chi connectivity index (χ3v) is 3.40. The summed E-state index contributed by atoms with van der Waals surface area (Å²) in [5.74, 6) is 0.0965. The van der Waals surface area contributed by atoms with E-state index in [9.17, 15) is 9.90 Å². The maximum atomic E-state index is 12.1. The molecule has 0 atom stereocenters. The van der Waals surface area contributed by atoms with Gasteiger partial charge < -0.3 is 10.0 Å². The zero-order valence-corrected chi connectivity index (χ0v) is 10.4. The predicted molar refractivity (Wildman–Crippen MR) is 67.7 cm³/mol. The zero-order chi connectivity index (χ0) is 12.4. The lowest BCUT2D eigenvalue weighted by Gasteiger charge is -2.16. The van der Waals surface area contributed by atoms with Crippen LogP contribution in [0.3, 0.4) is 0 Å². The van der Waals surface area contributed by atoms with E-state index in [2.05, 4.69) is 4.98 Å². The highest BCUT2D eigenvalue weighted by Gasteiger charge is 2.17. The third kappa shape index (κ3) is 2.29. The Hall–Kier alpha value is -1.88. The molecule has 1 heterocycles. The molecule has 0 saturated heterocycles. The highest BCUT2D eigenvalue weighted by molar-refractivity contribution is 7.12. The fraction of sp³-hybridized carbons (Fsp3) is 0.167. The van der Waals surface area contributed by atoms with Gasteiger partial charge in [-0.2, -0.15) is 0 Å². The molecule has 1 aromatic heterocycles. The summed E-state index contributed by atoms with van der Waals surface area (Å²) < 4.78 is 0. The van der Waals surface area contributed by atoms with Crippen LogP contribution in [0.15, 0.2) is 29.8 Å². The van der Waals surface area contributed by atoms with Crippen LogP contribution in [-0.2, 0) is 0 Å². The topological polar surface area (TPSA) is 53.4 Å². The summed E-state index contributed by atoms with van der Waals surface area (Å²) in [5.41, 5.74) is 3.14. The molecule has 0 spiro atoms. The first-order valence-electron chi connectivity index (χ1n) is 5.07. The van der Waals surface area contributed by atoms with E-state index in [0.717, 1.165) is 11.4 Å². The number of phenolic OH excluding ortho intramolecular Hbond substituents is 1. The molecule has 2 rings (SSSR count). The average molecular weight is 248 g/mol. The van der Waals surface area contributed by atoms with E-state index in [1.54, 1.807) is 41.7 Å². The number of benzene rings is 1. The van der Waals surface area contributed by atoms with Crippen molar-refractivity contribution < 1.29 is 9.90 Å². The van der Waals surface area contributed by atoms with Gasteiger partial charge in [0.1, 0.15) is 10.6 Å². The van der Waals surface area contributed by atoms with E-state index in [0.29, 0.717) is 4.88 Å². The molecule has 2 aromatic rings. The van der Waals surface area contributed by atoms with E-state index < -0.39 is 0 Å². The molecular formula is C12H12N2O2S. The van der Waals surface area contributed by atoms with Crippen LogP contribution in [-0.4, -0.2) is 23.0 Å². The second kappa shape index (κ2) is 4.55. The van der Waals surface area contributed by atoms with Gasteiger partial charge in [0.25, 0.3) is 5.91 Å². The van der Waals surface area contributed by atoms with Crippen molar-refractivity contribution in [2.75, 3.05) is 11.9 Å². The number of aromatic nitrogens is 1. The number of rotatable bonds is 2. The van der Waals surface area contributed by atoms with Crippen molar-refractivity contribution in [2.45, 2.75) is 6.92 Å². The number of aryl methyl sites for hydroxylation is 1. The molecule has 0 bridgehead atoms. The first-order chi connectivity index (χ1) is 8.09. The lowest BCUT2D eigenvalue weighted by Crippen LogP contribution is -2.25. The maximum Gasteiger partial charge on any atom is 0.269 e. The van der Waals surface area contributed by atoms with Crippen LogP contribution in [0, 0.1) is 6.92 Å². The van der Waals surface area contributed by atoms with Crippen LogP contribution in [0.25, 0.3) is 0 Å². The van der Waals surface area contributed by atoms with Crippen molar-refractivity contribution in [3.8, 4) is 5.75 Å². The molecule has 4 nitrogen and oxygen atoms in total. The Balaban J connectivity index is 2.26. The fourth-order valence-electron chi connectivity index (χ4n) is 1.45. The summed E-state index contributed by atoms with van der Waals surface area (Å²) in [6.07, 6.45) is 0. The molecule has 0 unspecified atom stereocenters. The highest BCUT2D eigenvalue weighted by Crippen LogP contribution is 2.21. The van der Waals surface area contributed by atoms with Crippen LogP contribution in [0.2, 0.25) is 0 Å². The lowest BCUT2D eigenvalue weighted by molar-refractivity contribution is 0.0996. The van der Waals surface area contributed by atoms with Gasteiger partial charge in [-0.3, -0.25) is 4.79 Å². The monoisotopic (exact) mass is 248 g/mol. The van der Waals surface area contributed by atoms with E-state index in [-0.39, 0.29) is 11.7 Å². The minimum Gasteiger partial charge on any atom is -0.508 e. The van der Waals surface area contributed by atoms with Gasteiger partial charge in [0.2, 0.25) is 0 Å². The van der Waals surface area contributed by atoms with Gasteiger partial charge in [0, 0.05) is 12.7 Å². The van der Waals surface area contributed by atoms with Gasteiger partial charge in [0.05, 0.1) is 11.2 Å². The smallest absolute Gasteiger partial charge is 0.269 e. The van der Waals surface area contributed by atoms with Crippen LogP contribution in [0.1, 0.15) is 15.4 Å². The molecule has 0 saturated carbocycles. The molecule has 1 N–H and O–H groups in total. The highest BCUT2D eigenvalue weighted by atomic mass is 32.1. The van der Waals surface area contributed by atoms with Gasteiger partial charge in [-0.25, -0.2) is 4.98 Å². The third-order valence-electron chi connectivity index (χ3n) is 2.48. The summed E-state index contributed by atoms with van der Waals surface area (Å²) in [5, 5.41) is 9.19. The van der Waals surface area contributed by atoms with Crippen molar-refractivity contribution in [1.82, 2.24) is 4.98 Å². The molecule has 5 heteroatoms. The summed E-state index contributed by atoms with van der Waals surface area (Å²) in [6, 6.07) is 6.50. The Labute approximate surface area is 103 Å². The second-order valence-corrected chi connectivity index (χ2v) is 4.50.